The number of hydrogen-bond donors (Lipinski definition) is 2. The van der Waals surface area contributed by atoms with Gasteiger partial charge >= 0.3 is 8.25 Å². The van der Waals surface area contributed by atoms with E-state index < -0.39 is 8.25 Å². The number of hydrogen-bond acceptors (Lipinski definition) is 3. The molecule has 0 aromatic carbocycles. The van der Waals surface area contributed by atoms with Gasteiger partial charge in [0.05, 0.1) is 0 Å². The fraction of sp³-hybridized carbons (Fsp3) is 1.00. The van der Waals surface area contributed by atoms with Crippen molar-refractivity contribution in [2.24, 2.45) is 0 Å². The molecule has 0 aromatic rings. The highest BCUT2D eigenvalue weighted by atomic mass is 31.1. The topological polar surface area (TPSA) is 76.0 Å². The van der Waals surface area contributed by atoms with E-state index >= 15 is 0 Å². The van der Waals surface area contributed by atoms with Crippen LogP contribution in [0.25, 0.3) is 0 Å². The molecular formula is C6H16O5P+. The largest absolute Gasteiger partial charge is 0.692 e. The quantitative estimate of drug-likeness (QED) is 0.522. The Morgan fingerprint density at radius 3 is 1.67 bits per heavy atom. The second-order valence-electron chi connectivity index (χ2n) is 1.73. The summed E-state index contributed by atoms with van der Waals surface area (Å²) >= 11 is 0. The van der Waals surface area contributed by atoms with Crippen LogP contribution in [0.2, 0.25) is 0 Å². The molecule has 0 aliphatic heterocycles. The molecule has 6 heteroatoms. The molecule has 5 nitrogen and oxygen atoms in total. The van der Waals surface area contributed by atoms with E-state index in [9.17, 15) is 0 Å². The van der Waals surface area contributed by atoms with E-state index in [4.69, 9.17) is 23.8 Å². The van der Waals surface area contributed by atoms with Crippen LogP contribution in [-0.4, -0.2) is 29.3 Å². The third kappa shape index (κ3) is 22.5. The van der Waals surface area contributed by atoms with Crippen molar-refractivity contribution in [2.45, 2.75) is 27.1 Å². The maximum absolute atomic E-state index is 8.70. The molecule has 0 saturated carbocycles. The number of ether oxygens (including phenoxy) is 2. The SMILES string of the molecule is CCOC(C)OCC.O=[P+](O)O. The molecule has 0 bridgehead atoms. The van der Waals surface area contributed by atoms with Crippen molar-refractivity contribution in [3.63, 3.8) is 0 Å². The average molecular weight is 199 g/mol. The fourth-order valence-electron chi connectivity index (χ4n) is 0.518. The highest BCUT2D eigenvalue weighted by Crippen LogP contribution is 1.98. The Hall–Kier alpha value is -0.0600. The van der Waals surface area contributed by atoms with Crippen molar-refractivity contribution in [1.82, 2.24) is 0 Å². The minimum absolute atomic E-state index is 0.0370. The second kappa shape index (κ2) is 10.9. The summed E-state index contributed by atoms with van der Waals surface area (Å²) in [7, 11) is -2.87. The van der Waals surface area contributed by atoms with Gasteiger partial charge in [-0.1, -0.05) is 0 Å². The third-order valence-electron chi connectivity index (χ3n) is 0.803. The van der Waals surface area contributed by atoms with Gasteiger partial charge in [0, 0.05) is 17.8 Å². The molecule has 0 radical (unpaired) electrons. The summed E-state index contributed by atoms with van der Waals surface area (Å²) in [5.41, 5.74) is 0. The Morgan fingerprint density at radius 2 is 1.50 bits per heavy atom. The molecule has 0 atom stereocenters. The van der Waals surface area contributed by atoms with Crippen LogP contribution in [0.4, 0.5) is 0 Å². The summed E-state index contributed by atoms with van der Waals surface area (Å²) in [6, 6.07) is 0. The summed E-state index contributed by atoms with van der Waals surface area (Å²) in [6.45, 7) is 7.25. The summed E-state index contributed by atoms with van der Waals surface area (Å²) in [5.74, 6) is 0. The van der Waals surface area contributed by atoms with Crippen molar-refractivity contribution >= 4 is 8.25 Å². The van der Waals surface area contributed by atoms with Crippen molar-refractivity contribution in [3.8, 4) is 0 Å². The lowest BCUT2D eigenvalue weighted by Gasteiger charge is -2.09. The molecule has 0 aliphatic carbocycles. The molecule has 0 heterocycles. The number of rotatable bonds is 4. The zero-order valence-electron chi connectivity index (χ0n) is 7.56. The van der Waals surface area contributed by atoms with Gasteiger partial charge in [0.25, 0.3) is 0 Å². The first kappa shape index (κ1) is 14.5. The monoisotopic (exact) mass is 199 g/mol. The summed E-state index contributed by atoms with van der Waals surface area (Å²) in [4.78, 5) is 14.2. The van der Waals surface area contributed by atoms with Gasteiger partial charge in [-0.15, -0.1) is 9.79 Å². The fourth-order valence-corrected chi connectivity index (χ4v) is 0.518. The van der Waals surface area contributed by atoms with Crippen molar-refractivity contribution < 1.29 is 23.8 Å². The molecule has 0 aliphatic rings. The van der Waals surface area contributed by atoms with Crippen LogP contribution in [0.3, 0.4) is 0 Å². The molecular weight excluding hydrogens is 183 g/mol. The van der Waals surface area contributed by atoms with E-state index in [1.165, 1.54) is 0 Å². The summed E-state index contributed by atoms with van der Waals surface area (Å²) < 4.78 is 18.8. The first-order valence-electron chi connectivity index (χ1n) is 3.62. The summed E-state index contributed by atoms with van der Waals surface area (Å²) in [6.07, 6.45) is -0.0370. The van der Waals surface area contributed by atoms with Gasteiger partial charge in [0.15, 0.2) is 6.29 Å². The Balaban J connectivity index is 0. The van der Waals surface area contributed by atoms with Gasteiger partial charge in [0.2, 0.25) is 0 Å². The Labute approximate surface area is 73.3 Å². The maximum Gasteiger partial charge on any atom is 0.692 e. The van der Waals surface area contributed by atoms with Crippen molar-refractivity contribution in [2.75, 3.05) is 13.2 Å². The lowest BCUT2D eigenvalue weighted by Crippen LogP contribution is -2.11. The van der Waals surface area contributed by atoms with Gasteiger partial charge in [-0.05, 0) is 20.8 Å². The summed E-state index contributed by atoms with van der Waals surface area (Å²) in [5, 5.41) is 0. The minimum atomic E-state index is -2.87. The van der Waals surface area contributed by atoms with Gasteiger partial charge < -0.3 is 9.47 Å². The van der Waals surface area contributed by atoms with Crippen LogP contribution in [0.5, 0.6) is 0 Å². The molecule has 0 spiro atoms. The average Bonchev–Trinajstić information content (AvgIpc) is 1.87. The van der Waals surface area contributed by atoms with E-state index in [1.54, 1.807) is 0 Å². The zero-order valence-corrected chi connectivity index (χ0v) is 8.45. The molecule has 2 N–H and O–H groups in total. The molecule has 0 unspecified atom stereocenters. The lowest BCUT2D eigenvalue weighted by atomic mass is 10.7. The van der Waals surface area contributed by atoms with E-state index in [0.29, 0.717) is 0 Å². The lowest BCUT2D eigenvalue weighted by molar-refractivity contribution is -0.123. The highest BCUT2D eigenvalue weighted by Gasteiger charge is 1.94. The normalized spacial score (nSPS) is 9.17. The smallest absolute Gasteiger partial charge is 0.353 e. The van der Waals surface area contributed by atoms with Crippen LogP contribution in [0.15, 0.2) is 0 Å². The Kier molecular flexibility index (Phi) is 13.2. The van der Waals surface area contributed by atoms with Crippen LogP contribution in [-0.2, 0) is 14.0 Å². The first-order valence-corrected chi connectivity index (χ1v) is 4.79. The van der Waals surface area contributed by atoms with E-state index in [1.807, 2.05) is 20.8 Å². The molecule has 0 saturated heterocycles. The first-order chi connectivity index (χ1) is 5.54. The third-order valence-corrected chi connectivity index (χ3v) is 0.803. The van der Waals surface area contributed by atoms with Crippen LogP contribution < -0.4 is 0 Å². The zero-order chi connectivity index (χ0) is 9.98. The van der Waals surface area contributed by atoms with Crippen LogP contribution in [0, 0.1) is 0 Å². The minimum Gasteiger partial charge on any atom is -0.353 e. The van der Waals surface area contributed by atoms with Crippen molar-refractivity contribution in [1.29, 1.82) is 0 Å². The second-order valence-corrected chi connectivity index (χ2v) is 2.24. The van der Waals surface area contributed by atoms with Gasteiger partial charge in [-0.25, -0.2) is 0 Å². The van der Waals surface area contributed by atoms with E-state index in [-0.39, 0.29) is 6.29 Å². The van der Waals surface area contributed by atoms with Gasteiger partial charge in [-0.2, -0.15) is 0 Å². The molecule has 0 amide bonds. The molecule has 0 aromatic heterocycles. The van der Waals surface area contributed by atoms with Crippen molar-refractivity contribution in [3.05, 3.63) is 0 Å². The van der Waals surface area contributed by atoms with Crippen LogP contribution in [0.1, 0.15) is 20.8 Å². The van der Waals surface area contributed by atoms with Crippen LogP contribution >= 0.6 is 8.25 Å². The van der Waals surface area contributed by atoms with Gasteiger partial charge in [-0.3, -0.25) is 0 Å². The maximum atomic E-state index is 8.70. The molecule has 0 rings (SSSR count). The van der Waals surface area contributed by atoms with E-state index in [2.05, 4.69) is 0 Å². The molecule has 74 valence electrons. The Morgan fingerprint density at radius 1 is 1.25 bits per heavy atom. The molecule has 12 heavy (non-hydrogen) atoms. The van der Waals surface area contributed by atoms with Gasteiger partial charge in [0.1, 0.15) is 0 Å². The predicted molar refractivity (Wildman–Crippen MR) is 44.8 cm³/mol. The molecule has 0 fully saturated rings. The standard InChI is InChI=1S/C6H14O2.HO3P/c1-4-7-6(3)8-5-2;1-4(2)3/h6H,4-5H2,1-3H3;(H-,1,2,3)/p+1. The predicted octanol–water partition coefficient (Wildman–Crippen LogP) is 1.03. The highest BCUT2D eigenvalue weighted by molar-refractivity contribution is 7.30. The van der Waals surface area contributed by atoms with E-state index in [0.717, 1.165) is 13.2 Å². The Bertz CT molecular complexity index is 98.1.